The van der Waals surface area contributed by atoms with E-state index in [4.69, 9.17) is 10.5 Å². The van der Waals surface area contributed by atoms with E-state index in [9.17, 15) is 4.79 Å². The third-order valence-electron chi connectivity index (χ3n) is 3.04. The second kappa shape index (κ2) is 4.56. The summed E-state index contributed by atoms with van der Waals surface area (Å²) in [6, 6.07) is 5.23. The lowest BCUT2D eigenvalue weighted by molar-refractivity contribution is 0.0979. The Balaban J connectivity index is 2.03. The number of hydrogen-bond acceptors (Lipinski definition) is 3. The van der Waals surface area contributed by atoms with E-state index in [1.165, 1.54) is 12.8 Å². The number of benzene rings is 1. The maximum Gasteiger partial charge on any atom is 0.164 e. The molecule has 2 rings (SSSR count). The van der Waals surface area contributed by atoms with Gasteiger partial charge < -0.3 is 10.5 Å². The van der Waals surface area contributed by atoms with Gasteiger partial charge >= 0.3 is 0 Å². The number of carbonyl (C=O) groups excluding carboxylic acids is 1. The topological polar surface area (TPSA) is 52.3 Å². The van der Waals surface area contributed by atoms with Crippen molar-refractivity contribution in [3.05, 3.63) is 23.8 Å². The van der Waals surface area contributed by atoms with Gasteiger partial charge in [0.1, 0.15) is 5.75 Å². The molecule has 3 nitrogen and oxygen atoms in total. The summed E-state index contributed by atoms with van der Waals surface area (Å²) in [7, 11) is 1.59. The van der Waals surface area contributed by atoms with Gasteiger partial charge in [-0.15, -0.1) is 0 Å². The summed E-state index contributed by atoms with van der Waals surface area (Å²) >= 11 is 0. The molecule has 16 heavy (non-hydrogen) atoms. The summed E-state index contributed by atoms with van der Waals surface area (Å²) in [5.41, 5.74) is 6.96. The van der Waals surface area contributed by atoms with Crippen molar-refractivity contribution < 1.29 is 9.53 Å². The summed E-state index contributed by atoms with van der Waals surface area (Å²) < 4.78 is 5.05. The minimum Gasteiger partial charge on any atom is -0.497 e. The molecular weight excluding hydrogens is 202 g/mol. The van der Waals surface area contributed by atoms with E-state index in [2.05, 4.69) is 0 Å². The van der Waals surface area contributed by atoms with Crippen molar-refractivity contribution in [1.29, 1.82) is 0 Å². The summed E-state index contributed by atoms with van der Waals surface area (Å²) in [5.74, 6) is 1.62. The minimum atomic E-state index is 0.145. The van der Waals surface area contributed by atoms with Gasteiger partial charge in [-0.2, -0.15) is 0 Å². The van der Waals surface area contributed by atoms with Crippen LogP contribution in [0.5, 0.6) is 5.75 Å². The fraction of sp³-hybridized carbons (Fsp3) is 0.462. The highest BCUT2D eigenvalue weighted by molar-refractivity contribution is 6.00. The molecule has 0 atom stereocenters. The zero-order valence-electron chi connectivity index (χ0n) is 9.53. The van der Waals surface area contributed by atoms with Crippen LogP contribution in [0, 0.1) is 5.92 Å². The van der Waals surface area contributed by atoms with Crippen molar-refractivity contribution in [1.82, 2.24) is 0 Å². The van der Waals surface area contributed by atoms with Crippen molar-refractivity contribution in [2.75, 3.05) is 12.8 Å². The van der Waals surface area contributed by atoms with Gasteiger partial charge in [0.25, 0.3) is 0 Å². The van der Waals surface area contributed by atoms with Gasteiger partial charge in [-0.3, -0.25) is 4.79 Å². The summed E-state index contributed by atoms with van der Waals surface area (Å²) in [5, 5.41) is 0. The molecule has 1 saturated carbocycles. The van der Waals surface area contributed by atoms with Crippen molar-refractivity contribution in [2.45, 2.75) is 25.7 Å². The maximum atomic E-state index is 11.9. The Hall–Kier alpha value is -1.51. The highest BCUT2D eigenvalue weighted by atomic mass is 16.5. The number of Topliss-reactive ketones (excluding diaryl/α,β-unsaturated/α-hetero) is 1. The van der Waals surface area contributed by atoms with E-state index in [0.29, 0.717) is 23.4 Å². The number of methoxy groups -OCH3 is 1. The van der Waals surface area contributed by atoms with Crippen LogP contribution in [0.2, 0.25) is 0 Å². The van der Waals surface area contributed by atoms with Crippen LogP contribution in [0.15, 0.2) is 18.2 Å². The number of nitrogens with two attached hydrogens (primary N) is 1. The van der Waals surface area contributed by atoms with Crippen LogP contribution in [0.4, 0.5) is 5.69 Å². The van der Waals surface area contributed by atoms with Gasteiger partial charge in [0.05, 0.1) is 7.11 Å². The lowest BCUT2D eigenvalue weighted by atomic mass is 10.0. The molecular formula is C13H17NO2. The molecule has 0 unspecified atom stereocenters. The van der Waals surface area contributed by atoms with Gasteiger partial charge in [0, 0.05) is 23.7 Å². The first-order chi connectivity index (χ1) is 7.70. The average Bonchev–Trinajstić information content (AvgIpc) is 3.09. The largest absolute Gasteiger partial charge is 0.497 e. The molecule has 1 aromatic rings. The average molecular weight is 219 g/mol. The van der Waals surface area contributed by atoms with Gasteiger partial charge in [-0.05, 0) is 24.5 Å². The number of anilines is 1. The molecule has 1 aromatic carbocycles. The zero-order valence-corrected chi connectivity index (χ0v) is 9.53. The van der Waals surface area contributed by atoms with Gasteiger partial charge in [0.15, 0.2) is 5.78 Å². The molecule has 1 aliphatic rings. The standard InChI is InChI=1S/C13H17NO2/c1-16-10-5-6-11(12(14)8-10)13(15)7-4-9-2-3-9/h5-6,8-9H,2-4,7,14H2,1H3. The molecule has 0 saturated heterocycles. The monoisotopic (exact) mass is 219 g/mol. The second-order valence-corrected chi connectivity index (χ2v) is 4.36. The SMILES string of the molecule is COc1ccc(C(=O)CCC2CC2)c(N)c1. The highest BCUT2D eigenvalue weighted by Crippen LogP contribution is 2.34. The summed E-state index contributed by atoms with van der Waals surface area (Å²) in [6.07, 6.45) is 4.18. The fourth-order valence-corrected chi connectivity index (χ4v) is 1.80. The van der Waals surface area contributed by atoms with Crippen LogP contribution >= 0.6 is 0 Å². The fourth-order valence-electron chi connectivity index (χ4n) is 1.80. The first kappa shape index (κ1) is 11.0. The summed E-state index contributed by atoms with van der Waals surface area (Å²) in [6.45, 7) is 0. The predicted octanol–water partition coefficient (Wildman–Crippen LogP) is 2.65. The smallest absolute Gasteiger partial charge is 0.164 e. The van der Waals surface area contributed by atoms with Gasteiger partial charge in [-0.1, -0.05) is 12.8 Å². The predicted molar refractivity (Wildman–Crippen MR) is 63.7 cm³/mol. The molecule has 0 aliphatic heterocycles. The number of carbonyl (C=O) groups is 1. The molecule has 2 N–H and O–H groups in total. The first-order valence-electron chi connectivity index (χ1n) is 5.67. The molecule has 0 spiro atoms. The molecule has 0 amide bonds. The lowest BCUT2D eigenvalue weighted by Crippen LogP contribution is -2.04. The molecule has 3 heteroatoms. The molecule has 1 fully saturated rings. The number of rotatable bonds is 5. The highest BCUT2D eigenvalue weighted by Gasteiger charge is 2.22. The van der Waals surface area contributed by atoms with Crippen molar-refractivity contribution in [3.63, 3.8) is 0 Å². The van der Waals surface area contributed by atoms with E-state index in [1.54, 1.807) is 25.3 Å². The van der Waals surface area contributed by atoms with Crippen LogP contribution < -0.4 is 10.5 Å². The number of ether oxygens (including phenoxy) is 1. The van der Waals surface area contributed by atoms with E-state index in [0.717, 1.165) is 12.3 Å². The maximum absolute atomic E-state index is 11.9. The minimum absolute atomic E-state index is 0.145. The van der Waals surface area contributed by atoms with Crippen LogP contribution in [-0.4, -0.2) is 12.9 Å². The zero-order chi connectivity index (χ0) is 11.5. The Kier molecular flexibility index (Phi) is 3.13. The number of hydrogen-bond donors (Lipinski definition) is 1. The normalized spacial score (nSPS) is 14.8. The van der Waals surface area contributed by atoms with Crippen LogP contribution in [0.1, 0.15) is 36.0 Å². The lowest BCUT2D eigenvalue weighted by Gasteiger charge is -2.06. The molecule has 0 heterocycles. The van der Waals surface area contributed by atoms with E-state index >= 15 is 0 Å². The first-order valence-corrected chi connectivity index (χ1v) is 5.67. The Morgan fingerprint density at radius 3 is 2.81 bits per heavy atom. The van der Waals surface area contributed by atoms with E-state index < -0.39 is 0 Å². The van der Waals surface area contributed by atoms with Crippen molar-refractivity contribution in [2.24, 2.45) is 5.92 Å². The molecule has 0 bridgehead atoms. The number of nitrogen functional groups attached to an aromatic ring is 1. The van der Waals surface area contributed by atoms with Gasteiger partial charge in [0.2, 0.25) is 0 Å². The van der Waals surface area contributed by atoms with E-state index in [-0.39, 0.29) is 5.78 Å². The van der Waals surface area contributed by atoms with Crippen LogP contribution in [-0.2, 0) is 0 Å². The van der Waals surface area contributed by atoms with Crippen molar-refractivity contribution >= 4 is 11.5 Å². The molecule has 0 aromatic heterocycles. The quantitative estimate of drug-likeness (QED) is 0.612. The van der Waals surface area contributed by atoms with E-state index in [1.807, 2.05) is 0 Å². The Morgan fingerprint density at radius 2 is 2.25 bits per heavy atom. The van der Waals surface area contributed by atoms with Crippen LogP contribution in [0.3, 0.4) is 0 Å². The molecule has 0 radical (unpaired) electrons. The third kappa shape index (κ3) is 2.54. The van der Waals surface area contributed by atoms with Gasteiger partial charge in [-0.25, -0.2) is 0 Å². The Bertz CT molecular complexity index is 397. The summed E-state index contributed by atoms with van der Waals surface area (Å²) in [4.78, 5) is 11.9. The second-order valence-electron chi connectivity index (χ2n) is 4.36. The van der Waals surface area contributed by atoms with Crippen molar-refractivity contribution in [3.8, 4) is 5.75 Å². The molecule has 1 aliphatic carbocycles. The molecule has 86 valence electrons. The Morgan fingerprint density at radius 1 is 1.50 bits per heavy atom. The van der Waals surface area contributed by atoms with Crippen LogP contribution in [0.25, 0.3) is 0 Å². The third-order valence-corrected chi connectivity index (χ3v) is 3.04. The Labute approximate surface area is 95.6 Å². The number of ketones is 1.